The van der Waals surface area contributed by atoms with Gasteiger partial charge in [-0.15, -0.1) is 0 Å². The van der Waals surface area contributed by atoms with Gasteiger partial charge in [0.1, 0.15) is 41.2 Å². The number of benzene rings is 2. The van der Waals surface area contributed by atoms with Crippen molar-refractivity contribution >= 4 is 35.4 Å². The molecule has 0 saturated carbocycles. The largest absolute Gasteiger partial charge is 0.508 e. The molecule has 1 heterocycles. The Morgan fingerprint density at radius 2 is 1.66 bits per heavy atom. The molecule has 0 aromatic heterocycles. The van der Waals surface area contributed by atoms with E-state index in [4.69, 9.17) is 4.74 Å². The maximum Gasteiger partial charge on any atom is 0.336 e. The average molecular weight is 861 g/mol. The van der Waals surface area contributed by atoms with E-state index in [1.807, 2.05) is 43.4 Å². The molecule has 0 radical (unpaired) electrons. The van der Waals surface area contributed by atoms with E-state index in [0.29, 0.717) is 18.6 Å². The summed E-state index contributed by atoms with van der Waals surface area (Å²) in [5.41, 5.74) is 3.91. The molecule has 1 aliphatic rings. The van der Waals surface area contributed by atoms with Crippen LogP contribution in [0.2, 0.25) is 0 Å². The highest BCUT2D eigenvalue weighted by Crippen LogP contribution is 2.23. The maximum absolute atomic E-state index is 14.2. The number of amides is 3. The molecule has 0 bridgehead atoms. The standard InChI is InChI=1S/C47H61FN4O10/c1-30(2)42(45(58)49-40(28-34-26-35(48)29-36(54)27-34)46(59)52-25-15-21-39(51-52)47(60)61)50-44(57)38(24-23-33(5)53)43(56)32(4)18-11-8-6-7-10-16-31(3)17-14-22-41(55)62-37-19-12-9-13-20-37/h6-9,11-14,17,19-20,22,26-27,29-30,32,38-40,42-43,51,54,56H,10,15-16,18,21,23-25,28H2,1-5H3,(H,49,58)(H,50,57)(H,60,61)/b7-6+,11-8+,22-14+,31-17+/t32-,38+,39?,40-,42-,43+/m0/s1. The second-order valence-corrected chi connectivity index (χ2v) is 16.0. The molecule has 0 spiro atoms. The molecule has 15 heteroatoms. The number of carboxylic acid groups (broad SMARTS) is 1. The maximum atomic E-state index is 14.2. The van der Waals surface area contributed by atoms with E-state index in [0.717, 1.165) is 35.6 Å². The third kappa shape index (κ3) is 17.6. The van der Waals surface area contributed by atoms with Crippen LogP contribution in [-0.4, -0.2) is 86.5 Å². The molecule has 3 rings (SSSR count). The van der Waals surface area contributed by atoms with Crippen molar-refractivity contribution in [2.75, 3.05) is 6.54 Å². The Hall–Kier alpha value is -5.93. The molecule has 3 amide bonds. The first-order valence-corrected chi connectivity index (χ1v) is 20.9. The number of aliphatic carboxylic acids is 1. The number of Topliss-reactive ketones (excluding diaryl/α,β-unsaturated/α-hetero) is 1. The predicted octanol–water partition coefficient (Wildman–Crippen LogP) is 5.65. The second-order valence-electron chi connectivity index (χ2n) is 16.0. The van der Waals surface area contributed by atoms with Crippen LogP contribution in [0.1, 0.15) is 85.1 Å². The van der Waals surface area contributed by atoms with E-state index < -0.39 is 83.2 Å². The zero-order chi connectivity index (χ0) is 45.8. The fraction of sp³-hybridized carbons (Fsp3) is 0.447. The van der Waals surface area contributed by atoms with Crippen LogP contribution in [0.25, 0.3) is 0 Å². The number of para-hydroxylation sites is 1. The van der Waals surface area contributed by atoms with Crippen LogP contribution in [0.15, 0.2) is 96.6 Å². The van der Waals surface area contributed by atoms with E-state index in [9.17, 15) is 48.5 Å². The van der Waals surface area contributed by atoms with Gasteiger partial charge < -0.3 is 35.5 Å². The number of ether oxygens (including phenoxy) is 1. The number of aliphatic hydroxyl groups excluding tert-OH is 1. The second kappa shape index (κ2) is 25.8. The molecule has 6 N–H and O–H groups in total. The summed E-state index contributed by atoms with van der Waals surface area (Å²) >= 11 is 0. The van der Waals surface area contributed by atoms with Crippen LogP contribution in [0.4, 0.5) is 4.39 Å². The molecule has 62 heavy (non-hydrogen) atoms. The molecule has 1 fully saturated rings. The average Bonchev–Trinajstić information content (AvgIpc) is 3.21. The topological polar surface area (TPSA) is 212 Å². The molecule has 1 aliphatic heterocycles. The van der Waals surface area contributed by atoms with Gasteiger partial charge in [0.15, 0.2) is 0 Å². The first-order chi connectivity index (χ1) is 29.4. The Labute approximate surface area is 363 Å². The Bertz CT molecular complexity index is 1940. The number of allylic oxidation sites excluding steroid dienone is 7. The van der Waals surface area contributed by atoms with Crippen molar-refractivity contribution in [2.24, 2.45) is 17.8 Å². The Balaban J connectivity index is 1.64. The number of hydrogen-bond acceptors (Lipinski definition) is 10. The zero-order valence-corrected chi connectivity index (χ0v) is 36.1. The number of phenolic OH excluding ortho intramolecular Hbond substituents is 1. The Kier molecular flexibility index (Phi) is 20.9. The fourth-order valence-electron chi connectivity index (χ4n) is 6.78. The lowest BCUT2D eigenvalue weighted by atomic mass is 9.85. The number of carbonyl (C=O) groups is 6. The summed E-state index contributed by atoms with van der Waals surface area (Å²) in [7, 11) is 0. The Morgan fingerprint density at radius 1 is 0.952 bits per heavy atom. The SMILES string of the molecule is CC(=O)CC[C@@H](C(=O)N[C@H](C(=O)N[C@@H](Cc1cc(O)cc(F)c1)C(=O)N1CCCC(C(=O)O)N1)C(C)C)[C@H](O)[C@@H](C)C/C=C/C=C/CC/C(C)=C/C=C/C(=O)Oc1ccccc1. The van der Waals surface area contributed by atoms with E-state index >= 15 is 0 Å². The van der Waals surface area contributed by atoms with Crippen LogP contribution in [0, 0.1) is 23.6 Å². The third-order valence-corrected chi connectivity index (χ3v) is 10.3. The number of nitrogens with one attached hydrogen (secondary N) is 3. The summed E-state index contributed by atoms with van der Waals surface area (Å²) in [4.78, 5) is 77.3. The number of aromatic hydroxyl groups is 1. The number of ketones is 1. The summed E-state index contributed by atoms with van der Waals surface area (Å²) in [6, 6.07) is 8.41. The third-order valence-electron chi connectivity index (χ3n) is 10.3. The zero-order valence-electron chi connectivity index (χ0n) is 36.1. The normalized spacial score (nSPS) is 17.1. The van der Waals surface area contributed by atoms with Gasteiger partial charge in [0.2, 0.25) is 11.8 Å². The fourth-order valence-corrected chi connectivity index (χ4v) is 6.78. The van der Waals surface area contributed by atoms with Crippen molar-refractivity contribution in [3.8, 4) is 11.5 Å². The monoisotopic (exact) mass is 860 g/mol. The number of nitrogens with zero attached hydrogens (tertiary/aromatic N) is 1. The molecular formula is C47H61FN4O10. The lowest BCUT2D eigenvalue weighted by Crippen LogP contribution is -2.62. The van der Waals surface area contributed by atoms with E-state index in [1.165, 1.54) is 19.1 Å². The molecule has 1 saturated heterocycles. The van der Waals surface area contributed by atoms with Crippen molar-refractivity contribution < 1.29 is 53.2 Å². The van der Waals surface area contributed by atoms with Gasteiger partial charge in [-0.25, -0.2) is 14.6 Å². The predicted molar refractivity (Wildman–Crippen MR) is 232 cm³/mol. The lowest BCUT2D eigenvalue weighted by Gasteiger charge is -2.35. The quantitative estimate of drug-likeness (QED) is 0.0348. The van der Waals surface area contributed by atoms with Crippen LogP contribution >= 0.6 is 0 Å². The minimum Gasteiger partial charge on any atom is -0.508 e. The van der Waals surface area contributed by atoms with Gasteiger partial charge in [-0.3, -0.25) is 24.2 Å². The lowest BCUT2D eigenvalue weighted by molar-refractivity contribution is -0.148. The molecule has 2 aromatic carbocycles. The highest BCUT2D eigenvalue weighted by Gasteiger charge is 2.37. The number of hydrazine groups is 1. The molecule has 6 atom stereocenters. The summed E-state index contributed by atoms with van der Waals surface area (Å²) in [6.07, 6.45) is 13.6. The van der Waals surface area contributed by atoms with Crippen molar-refractivity contribution in [2.45, 2.75) is 110 Å². The van der Waals surface area contributed by atoms with Gasteiger partial charge in [0.25, 0.3) is 5.91 Å². The van der Waals surface area contributed by atoms with Crippen molar-refractivity contribution in [3.63, 3.8) is 0 Å². The number of halogens is 1. The highest BCUT2D eigenvalue weighted by atomic mass is 19.1. The first-order valence-electron chi connectivity index (χ1n) is 20.9. The van der Waals surface area contributed by atoms with Crippen LogP contribution in [0.3, 0.4) is 0 Å². The molecule has 14 nitrogen and oxygen atoms in total. The van der Waals surface area contributed by atoms with E-state index in [-0.39, 0.29) is 43.6 Å². The number of carboxylic acids is 1. The van der Waals surface area contributed by atoms with Crippen molar-refractivity contribution in [1.82, 2.24) is 21.1 Å². The van der Waals surface area contributed by atoms with Crippen LogP contribution in [0.5, 0.6) is 11.5 Å². The van der Waals surface area contributed by atoms with Gasteiger partial charge in [0, 0.05) is 31.5 Å². The number of aliphatic hydroxyl groups is 1. The minimum absolute atomic E-state index is 0.0115. The molecular weight excluding hydrogens is 800 g/mol. The van der Waals surface area contributed by atoms with Crippen molar-refractivity contribution in [3.05, 3.63) is 108 Å². The van der Waals surface area contributed by atoms with Gasteiger partial charge in [-0.1, -0.05) is 81.0 Å². The van der Waals surface area contributed by atoms with Crippen LogP contribution in [-0.2, 0) is 35.2 Å². The minimum atomic E-state index is -1.36. The number of rotatable bonds is 23. The summed E-state index contributed by atoms with van der Waals surface area (Å²) in [5.74, 6) is -6.62. The smallest absolute Gasteiger partial charge is 0.336 e. The van der Waals surface area contributed by atoms with Gasteiger partial charge in [-0.2, -0.15) is 0 Å². The summed E-state index contributed by atoms with van der Waals surface area (Å²) in [6.45, 7) is 8.62. The first kappa shape index (κ1) is 50.4. The van der Waals surface area contributed by atoms with Crippen molar-refractivity contribution in [1.29, 1.82) is 0 Å². The summed E-state index contributed by atoms with van der Waals surface area (Å²) < 4.78 is 19.5. The highest BCUT2D eigenvalue weighted by molar-refractivity contribution is 5.93. The number of esters is 1. The number of hydrogen-bond donors (Lipinski definition) is 6. The van der Waals surface area contributed by atoms with Gasteiger partial charge in [-0.05, 0) is 94.0 Å². The van der Waals surface area contributed by atoms with Crippen LogP contribution < -0.4 is 20.8 Å². The summed E-state index contributed by atoms with van der Waals surface area (Å²) in [5, 5.41) is 37.5. The van der Waals surface area contributed by atoms with E-state index in [1.54, 1.807) is 51.1 Å². The van der Waals surface area contributed by atoms with Gasteiger partial charge >= 0.3 is 11.9 Å². The number of carbonyl (C=O) groups excluding carboxylic acids is 5. The molecule has 2 aromatic rings. The molecule has 0 aliphatic carbocycles. The Morgan fingerprint density at radius 3 is 2.32 bits per heavy atom. The van der Waals surface area contributed by atoms with E-state index in [2.05, 4.69) is 16.1 Å². The molecule has 1 unspecified atom stereocenters. The van der Waals surface area contributed by atoms with Gasteiger partial charge in [0.05, 0.1) is 12.0 Å². The molecule has 336 valence electrons. The number of phenols is 1.